The van der Waals surface area contributed by atoms with E-state index in [1.807, 2.05) is 13.8 Å². The summed E-state index contributed by atoms with van der Waals surface area (Å²) >= 11 is 0. The maximum absolute atomic E-state index is 13.2. The number of ketones is 1. The Labute approximate surface area is 261 Å². The van der Waals surface area contributed by atoms with Crippen LogP contribution < -0.4 is 16.4 Å². The molecule has 1 rings (SSSR count). The zero-order valence-corrected chi connectivity index (χ0v) is 27.7. The van der Waals surface area contributed by atoms with Gasteiger partial charge in [0.1, 0.15) is 18.2 Å². The minimum Gasteiger partial charge on any atom is -0.385 e. The number of Topliss-reactive ketones (excluding diaryl/α,β-unsaturated/α-hetero) is 1. The molecule has 9 nitrogen and oxygen atoms in total. The van der Waals surface area contributed by atoms with E-state index in [2.05, 4.69) is 29.7 Å². The maximum Gasteiger partial charge on any atom is 0.245 e. The van der Waals surface area contributed by atoms with E-state index >= 15 is 0 Å². The molecular formula is C34H62N4O5. The van der Waals surface area contributed by atoms with Crippen molar-refractivity contribution in [2.45, 2.75) is 168 Å². The first kappa shape index (κ1) is 38.8. The van der Waals surface area contributed by atoms with Crippen molar-refractivity contribution in [3.63, 3.8) is 0 Å². The summed E-state index contributed by atoms with van der Waals surface area (Å²) in [6, 6.07) is -3.12. The number of carbonyl (C=O) groups excluding carboxylic acids is 4. The molecule has 3 amide bonds. The van der Waals surface area contributed by atoms with Crippen LogP contribution in [-0.4, -0.2) is 70.3 Å². The number of nitrogens with zero attached hydrogens (tertiary/aromatic N) is 1. The number of rotatable bonds is 23. The molecule has 1 saturated heterocycles. The van der Waals surface area contributed by atoms with Crippen LogP contribution >= 0.6 is 0 Å². The standard InChI is InChI=1S/C34H62N4O5/c1-6-7-8-9-10-11-12-13-14-15-16-17-18-19-20-23-29(39)31(40)30(25(2)3)37-33(42)28-22-21-24-38(28)34(43)27(5)36-32(41)26(4)35/h13-14,25-30,39H,6-12,15-24,35H2,1-5H3,(H,36,41)(H,37,42)/t26-,27-,28-,29?,30-/m0/s1. The van der Waals surface area contributed by atoms with E-state index < -0.39 is 42.1 Å². The van der Waals surface area contributed by atoms with Gasteiger partial charge in [-0.15, -0.1) is 0 Å². The molecule has 0 aromatic heterocycles. The molecule has 248 valence electrons. The lowest BCUT2D eigenvalue weighted by atomic mass is 9.93. The van der Waals surface area contributed by atoms with Crippen LogP contribution in [-0.2, 0) is 19.2 Å². The average Bonchev–Trinajstić information content (AvgIpc) is 3.46. The average molecular weight is 607 g/mol. The van der Waals surface area contributed by atoms with Gasteiger partial charge in [-0.25, -0.2) is 0 Å². The van der Waals surface area contributed by atoms with Crippen molar-refractivity contribution in [3.8, 4) is 0 Å². The highest BCUT2D eigenvalue weighted by Gasteiger charge is 2.39. The molecule has 1 unspecified atom stereocenters. The van der Waals surface area contributed by atoms with Crippen LogP contribution in [0.3, 0.4) is 0 Å². The number of nitrogens with one attached hydrogen (secondary N) is 2. The van der Waals surface area contributed by atoms with E-state index in [0.717, 1.165) is 38.5 Å². The van der Waals surface area contributed by atoms with Crippen molar-refractivity contribution in [2.24, 2.45) is 11.7 Å². The summed E-state index contributed by atoms with van der Waals surface area (Å²) in [5.74, 6) is -1.80. The third-order valence-corrected chi connectivity index (χ3v) is 8.32. The second kappa shape index (κ2) is 22.3. The van der Waals surface area contributed by atoms with Crippen LogP contribution in [0.2, 0.25) is 0 Å². The van der Waals surface area contributed by atoms with Gasteiger partial charge in [-0.1, -0.05) is 90.7 Å². The SMILES string of the molecule is CCCCCCCCC=CCCCCCCCC(O)C(=O)[C@@H](NC(=O)[C@@H]1CCCN1C(=O)[C@H](C)NC(=O)[C@H](C)N)C(C)C. The lowest BCUT2D eigenvalue weighted by Gasteiger charge is -2.30. The molecule has 0 radical (unpaired) electrons. The highest BCUT2D eigenvalue weighted by atomic mass is 16.3. The van der Waals surface area contributed by atoms with Crippen molar-refractivity contribution >= 4 is 23.5 Å². The van der Waals surface area contributed by atoms with Gasteiger partial charge in [0, 0.05) is 6.54 Å². The summed E-state index contributed by atoms with van der Waals surface area (Å²) in [5, 5.41) is 16.0. The number of likely N-dealkylation sites (tertiary alicyclic amines) is 1. The molecule has 0 aromatic carbocycles. The summed E-state index contributed by atoms with van der Waals surface area (Å²) in [6.07, 6.45) is 20.4. The van der Waals surface area contributed by atoms with Gasteiger partial charge in [0.25, 0.3) is 0 Å². The Morgan fingerprint density at radius 1 is 0.860 bits per heavy atom. The number of amides is 3. The molecule has 43 heavy (non-hydrogen) atoms. The summed E-state index contributed by atoms with van der Waals surface area (Å²) in [6.45, 7) is 9.42. The summed E-state index contributed by atoms with van der Waals surface area (Å²) in [4.78, 5) is 52.7. The molecule has 5 N–H and O–H groups in total. The molecule has 1 heterocycles. The van der Waals surface area contributed by atoms with Gasteiger partial charge >= 0.3 is 0 Å². The van der Waals surface area contributed by atoms with E-state index in [1.54, 1.807) is 6.92 Å². The lowest BCUT2D eigenvalue weighted by molar-refractivity contribution is -0.142. The normalized spacial score (nSPS) is 18.0. The van der Waals surface area contributed by atoms with Gasteiger partial charge < -0.3 is 26.4 Å². The molecule has 0 saturated carbocycles. The number of aliphatic hydroxyl groups is 1. The molecule has 0 aromatic rings. The number of hydrogen-bond acceptors (Lipinski definition) is 6. The van der Waals surface area contributed by atoms with Gasteiger partial charge in [-0.3, -0.25) is 19.2 Å². The van der Waals surface area contributed by atoms with Gasteiger partial charge in [0.2, 0.25) is 17.7 Å². The second-order valence-corrected chi connectivity index (χ2v) is 12.7. The quantitative estimate of drug-likeness (QED) is 0.0959. The van der Waals surface area contributed by atoms with E-state index in [0.29, 0.717) is 25.8 Å². The van der Waals surface area contributed by atoms with Gasteiger partial charge in [-0.05, 0) is 64.7 Å². The van der Waals surface area contributed by atoms with Gasteiger partial charge in [-0.2, -0.15) is 0 Å². The Kier molecular flexibility index (Phi) is 20.1. The Morgan fingerprint density at radius 3 is 1.98 bits per heavy atom. The molecule has 9 heteroatoms. The van der Waals surface area contributed by atoms with Gasteiger partial charge in [0.15, 0.2) is 5.78 Å². The minimum atomic E-state index is -1.13. The first-order valence-electron chi connectivity index (χ1n) is 17.0. The molecule has 0 aliphatic carbocycles. The minimum absolute atomic E-state index is 0.213. The topological polar surface area (TPSA) is 142 Å². The lowest BCUT2D eigenvalue weighted by Crippen LogP contribution is -2.57. The molecule has 0 spiro atoms. The summed E-state index contributed by atoms with van der Waals surface area (Å²) < 4.78 is 0. The van der Waals surface area contributed by atoms with E-state index in [4.69, 9.17) is 5.73 Å². The van der Waals surface area contributed by atoms with Crippen molar-refractivity contribution in [2.75, 3.05) is 6.54 Å². The van der Waals surface area contributed by atoms with Crippen LogP contribution in [0.1, 0.15) is 137 Å². The number of hydrogen-bond donors (Lipinski definition) is 4. The molecule has 5 atom stereocenters. The van der Waals surface area contributed by atoms with Crippen LogP contribution in [0.15, 0.2) is 12.2 Å². The monoisotopic (exact) mass is 606 g/mol. The first-order chi connectivity index (χ1) is 20.5. The number of aliphatic hydroxyl groups excluding tert-OH is 1. The molecule has 0 bridgehead atoms. The predicted octanol–water partition coefficient (Wildman–Crippen LogP) is 4.94. The Balaban J connectivity index is 2.39. The van der Waals surface area contributed by atoms with Crippen LogP contribution in [0.5, 0.6) is 0 Å². The highest BCUT2D eigenvalue weighted by Crippen LogP contribution is 2.20. The predicted molar refractivity (Wildman–Crippen MR) is 173 cm³/mol. The van der Waals surface area contributed by atoms with Gasteiger partial charge in [0.05, 0.1) is 12.1 Å². The van der Waals surface area contributed by atoms with E-state index in [9.17, 15) is 24.3 Å². The fraction of sp³-hybridized carbons (Fsp3) is 0.824. The van der Waals surface area contributed by atoms with Crippen LogP contribution in [0.25, 0.3) is 0 Å². The second-order valence-electron chi connectivity index (χ2n) is 12.7. The Bertz CT molecular complexity index is 860. The Hall–Kier alpha value is -2.26. The largest absolute Gasteiger partial charge is 0.385 e. The fourth-order valence-electron chi connectivity index (χ4n) is 5.53. The fourth-order valence-corrected chi connectivity index (χ4v) is 5.53. The summed E-state index contributed by atoms with van der Waals surface area (Å²) in [5.41, 5.74) is 5.59. The maximum atomic E-state index is 13.2. The zero-order chi connectivity index (χ0) is 32.2. The summed E-state index contributed by atoms with van der Waals surface area (Å²) in [7, 11) is 0. The van der Waals surface area contributed by atoms with E-state index in [-0.39, 0.29) is 17.6 Å². The number of nitrogens with two attached hydrogens (primary N) is 1. The smallest absolute Gasteiger partial charge is 0.245 e. The third-order valence-electron chi connectivity index (χ3n) is 8.32. The Morgan fingerprint density at radius 2 is 1.42 bits per heavy atom. The number of unbranched alkanes of at least 4 members (excludes halogenated alkanes) is 11. The molecular weight excluding hydrogens is 544 g/mol. The van der Waals surface area contributed by atoms with Crippen molar-refractivity contribution in [1.82, 2.24) is 15.5 Å². The number of allylic oxidation sites excluding steroid dienone is 2. The van der Waals surface area contributed by atoms with Crippen molar-refractivity contribution in [1.29, 1.82) is 0 Å². The van der Waals surface area contributed by atoms with E-state index in [1.165, 1.54) is 56.8 Å². The molecule has 1 aliphatic rings. The van der Waals surface area contributed by atoms with Crippen molar-refractivity contribution < 1.29 is 24.3 Å². The molecule has 1 aliphatic heterocycles. The van der Waals surface area contributed by atoms with Crippen molar-refractivity contribution in [3.05, 3.63) is 12.2 Å². The number of carbonyl (C=O) groups is 4. The zero-order valence-electron chi connectivity index (χ0n) is 27.7. The van der Waals surface area contributed by atoms with Crippen LogP contribution in [0, 0.1) is 5.92 Å². The highest BCUT2D eigenvalue weighted by molar-refractivity contribution is 5.96. The third kappa shape index (κ3) is 15.3. The van der Waals surface area contributed by atoms with Crippen LogP contribution in [0.4, 0.5) is 0 Å². The molecule has 1 fully saturated rings. The first-order valence-corrected chi connectivity index (χ1v) is 17.0.